The highest BCUT2D eigenvalue weighted by Crippen LogP contribution is 2.32. The van der Waals surface area contributed by atoms with Gasteiger partial charge in [0.05, 0.1) is 18.6 Å². The van der Waals surface area contributed by atoms with Crippen LogP contribution in [0.3, 0.4) is 0 Å². The minimum Gasteiger partial charge on any atom is -0.497 e. The predicted molar refractivity (Wildman–Crippen MR) is 101 cm³/mol. The van der Waals surface area contributed by atoms with Crippen molar-refractivity contribution in [1.29, 1.82) is 0 Å². The van der Waals surface area contributed by atoms with Gasteiger partial charge in [0.15, 0.2) is 0 Å². The summed E-state index contributed by atoms with van der Waals surface area (Å²) >= 11 is 0. The van der Waals surface area contributed by atoms with E-state index in [-0.39, 0.29) is 21.7 Å². The Balaban J connectivity index is 2.04. The highest BCUT2D eigenvalue weighted by molar-refractivity contribution is 7.91. The Hall–Kier alpha value is -2.91. The van der Waals surface area contributed by atoms with Crippen LogP contribution in [0.4, 0.5) is 10.3 Å². The van der Waals surface area contributed by atoms with Crippen LogP contribution < -0.4 is 10.1 Å². The van der Waals surface area contributed by atoms with Gasteiger partial charge in [0.25, 0.3) is 0 Å². The number of rotatable bonds is 8. The molecule has 1 N–H and O–H groups in total. The van der Waals surface area contributed by atoms with E-state index in [0.717, 1.165) is 12.1 Å². The van der Waals surface area contributed by atoms with Gasteiger partial charge in [-0.2, -0.15) is 4.98 Å². The maximum atomic E-state index is 13.2. The lowest BCUT2D eigenvalue weighted by atomic mass is 10.2. The molecule has 3 rings (SSSR count). The number of oxazole rings is 1. The molecule has 0 unspecified atom stereocenters. The van der Waals surface area contributed by atoms with E-state index in [1.165, 1.54) is 19.2 Å². The first-order chi connectivity index (χ1) is 13.5. The van der Waals surface area contributed by atoms with Crippen LogP contribution >= 0.6 is 0 Å². The molecule has 0 aliphatic rings. The molecule has 0 spiro atoms. The van der Waals surface area contributed by atoms with Gasteiger partial charge in [0, 0.05) is 19.2 Å². The maximum Gasteiger partial charge on any atom is 0.233 e. The number of aromatic nitrogens is 1. The van der Waals surface area contributed by atoms with E-state index in [4.69, 9.17) is 13.9 Å². The zero-order valence-corrected chi connectivity index (χ0v) is 16.1. The summed E-state index contributed by atoms with van der Waals surface area (Å²) in [7, 11) is -0.947. The summed E-state index contributed by atoms with van der Waals surface area (Å²) in [6, 6.07) is 11.4. The smallest absolute Gasteiger partial charge is 0.233 e. The molecule has 0 bridgehead atoms. The first kappa shape index (κ1) is 19.8. The standard InChI is InChI=1S/C19H19FN2O5S/c1-25-12-11-21-18-19(28(23,24)16-9-5-14(20)6-10-16)22-17(27-18)13-3-7-15(26-2)8-4-13/h3-10,21H,11-12H2,1-2H3. The normalized spacial score (nSPS) is 11.4. The molecule has 148 valence electrons. The van der Waals surface area contributed by atoms with E-state index < -0.39 is 15.7 Å². The molecule has 0 aliphatic heterocycles. The van der Waals surface area contributed by atoms with Crippen LogP contribution in [0, 0.1) is 5.82 Å². The van der Waals surface area contributed by atoms with Gasteiger partial charge in [0.2, 0.25) is 26.6 Å². The third-order valence-corrected chi connectivity index (χ3v) is 5.58. The van der Waals surface area contributed by atoms with Gasteiger partial charge in [-0.05, 0) is 48.5 Å². The van der Waals surface area contributed by atoms with Crippen molar-refractivity contribution in [3.05, 3.63) is 54.3 Å². The van der Waals surface area contributed by atoms with Crippen molar-refractivity contribution in [2.75, 3.05) is 32.7 Å². The van der Waals surface area contributed by atoms with Crippen molar-refractivity contribution >= 4 is 15.7 Å². The number of hydrogen-bond acceptors (Lipinski definition) is 7. The van der Waals surface area contributed by atoms with E-state index in [2.05, 4.69) is 10.3 Å². The van der Waals surface area contributed by atoms with E-state index in [1.807, 2.05) is 0 Å². The number of halogens is 1. The molecule has 0 aliphatic carbocycles. The van der Waals surface area contributed by atoms with Crippen LogP contribution in [0.25, 0.3) is 11.5 Å². The van der Waals surface area contributed by atoms with Crippen molar-refractivity contribution in [1.82, 2.24) is 4.98 Å². The lowest BCUT2D eigenvalue weighted by molar-refractivity contribution is 0.210. The second kappa shape index (κ2) is 8.41. The predicted octanol–water partition coefficient (Wildman–Crippen LogP) is 3.38. The molecule has 1 heterocycles. The van der Waals surface area contributed by atoms with Crippen molar-refractivity contribution in [3.63, 3.8) is 0 Å². The van der Waals surface area contributed by atoms with Crippen LogP contribution in [-0.2, 0) is 14.6 Å². The van der Waals surface area contributed by atoms with Crippen LogP contribution in [0.15, 0.2) is 62.9 Å². The fourth-order valence-corrected chi connectivity index (χ4v) is 3.73. The molecule has 0 saturated carbocycles. The molecule has 9 heteroatoms. The number of ether oxygens (including phenoxy) is 2. The van der Waals surface area contributed by atoms with Crippen molar-refractivity contribution < 1.29 is 26.7 Å². The minimum atomic E-state index is -4.02. The number of nitrogens with one attached hydrogen (secondary N) is 1. The molecule has 3 aromatic rings. The number of nitrogens with zero attached hydrogens (tertiary/aromatic N) is 1. The molecule has 0 amide bonds. The van der Waals surface area contributed by atoms with E-state index in [9.17, 15) is 12.8 Å². The molecular weight excluding hydrogens is 387 g/mol. The largest absolute Gasteiger partial charge is 0.497 e. The van der Waals surface area contributed by atoms with Gasteiger partial charge < -0.3 is 19.2 Å². The second-order valence-electron chi connectivity index (χ2n) is 5.76. The maximum absolute atomic E-state index is 13.2. The Labute approximate surface area is 162 Å². The first-order valence-electron chi connectivity index (χ1n) is 8.34. The topological polar surface area (TPSA) is 90.7 Å². The average Bonchev–Trinajstić information content (AvgIpc) is 3.14. The summed E-state index contributed by atoms with van der Waals surface area (Å²) in [5.74, 6) is 0.236. The molecule has 0 saturated heterocycles. The average molecular weight is 406 g/mol. The van der Waals surface area contributed by atoms with Gasteiger partial charge in [0.1, 0.15) is 11.6 Å². The zero-order chi connectivity index (χ0) is 20.1. The number of sulfone groups is 1. The molecule has 0 fully saturated rings. The number of benzene rings is 2. The highest BCUT2D eigenvalue weighted by atomic mass is 32.2. The van der Waals surface area contributed by atoms with Crippen LogP contribution in [0.5, 0.6) is 5.75 Å². The summed E-state index contributed by atoms with van der Waals surface area (Å²) in [5.41, 5.74) is 0.580. The molecule has 2 aromatic carbocycles. The van der Waals surface area contributed by atoms with Crippen molar-refractivity contribution in [2.45, 2.75) is 9.92 Å². The lowest BCUT2D eigenvalue weighted by Crippen LogP contribution is -2.11. The van der Waals surface area contributed by atoms with Gasteiger partial charge in [-0.25, -0.2) is 12.8 Å². The van der Waals surface area contributed by atoms with Gasteiger partial charge in [-0.3, -0.25) is 0 Å². The second-order valence-corrected chi connectivity index (χ2v) is 7.62. The molecular formula is C19H19FN2O5S. The Morgan fingerprint density at radius 2 is 1.75 bits per heavy atom. The monoisotopic (exact) mass is 406 g/mol. The highest BCUT2D eigenvalue weighted by Gasteiger charge is 2.28. The Morgan fingerprint density at radius 1 is 1.07 bits per heavy atom. The molecule has 0 atom stereocenters. The fourth-order valence-electron chi connectivity index (χ4n) is 2.45. The lowest BCUT2D eigenvalue weighted by Gasteiger charge is -2.05. The minimum absolute atomic E-state index is 0.00723. The van der Waals surface area contributed by atoms with Crippen molar-refractivity contribution in [2.24, 2.45) is 0 Å². The number of hydrogen-bond donors (Lipinski definition) is 1. The Bertz CT molecular complexity index is 1030. The SMILES string of the molecule is COCCNc1oc(-c2ccc(OC)cc2)nc1S(=O)(=O)c1ccc(F)cc1. The molecule has 1 aromatic heterocycles. The quantitative estimate of drug-likeness (QED) is 0.453. The van der Waals surface area contributed by atoms with E-state index in [1.54, 1.807) is 31.4 Å². The van der Waals surface area contributed by atoms with Crippen LogP contribution in [0.2, 0.25) is 0 Å². The van der Waals surface area contributed by atoms with Crippen molar-refractivity contribution in [3.8, 4) is 17.2 Å². The van der Waals surface area contributed by atoms with Crippen LogP contribution in [0.1, 0.15) is 0 Å². The Kier molecular flexibility index (Phi) is 5.96. The molecule has 28 heavy (non-hydrogen) atoms. The molecule has 0 radical (unpaired) electrons. The van der Waals surface area contributed by atoms with E-state index >= 15 is 0 Å². The number of anilines is 1. The summed E-state index contributed by atoms with van der Waals surface area (Å²) in [6.45, 7) is 0.661. The van der Waals surface area contributed by atoms with Gasteiger partial charge in [-0.15, -0.1) is 0 Å². The summed E-state index contributed by atoms with van der Waals surface area (Å²) in [5, 5.41) is 2.61. The van der Waals surface area contributed by atoms with Crippen LogP contribution in [-0.4, -0.2) is 40.8 Å². The fraction of sp³-hybridized carbons (Fsp3) is 0.211. The summed E-state index contributed by atoms with van der Waals surface area (Å²) < 4.78 is 55.0. The third-order valence-electron chi connectivity index (χ3n) is 3.90. The third kappa shape index (κ3) is 4.15. The zero-order valence-electron chi connectivity index (χ0n) is 15.3. The summed E-state index contributed by atoms with van der Waals surface area (Å²) in [6.07, 6.45) is 0. The first-order valence-corrected chi connectivity index (χ1v) is 9.82. The summed E-state index contributed by atoms with van der Waals surface area (Å²) in [4.78, 5) is 4.11. The Morgan fingerprint density at radius 3 is 2.36 bits per heavy atom. The molecule has 7 nitrogen and oxygen atoms in total. The van der Waals surface area contributed by atoms with Gasteiger partial charge in [-0.1, -0.05) is 0 Å². The van der Waals surface area contributed by atoms with Gasteiger partial charge >= 0.3 is 0 Å². The van der Waals surface area contributed by atoms with E-state index in [0.29, 0.717) is 24.5 Å². The number of methoxy groups -OCH3 is 2.